The van der Waals surface area contributed by atoms with Crippen molar-refractivity contribution in [3.05, 3.63) is 0 Å². The van der Waals surface area contributed by atoms with Crippen molar-refractivity contribution in [2.24, 2.45) is 0 Å². The molecule has 0 unspecified atom stereocenters. The standard InChI is InChI=1S/C7H14N2O2/c1-8-2-4-9(5-3-8)6-11-7-10/h7H,2-6H2,1H3. The summed E-state index contributed by atoms with van der Waals surface area (Å²) in [5, 5.41) is 0. The van der Waals surface area contributed by atoms with Crippen LogP contribution in [0.5, 0.6) is 0 Å². The molecule has 0 N–H and O–H groups in total. The monoisotopic (exact) mass is 158 g/mol. The van der Waals surface area contributed by atoms with E-state index in [1.54, 1.807) is 0 Å². The van der Waals surface area contributed by atoms with Crippen LogP contribution in [-0.4, -0.2) is 56.2 Å². The number of likely N-dealkylation sites (N-methyl/N-ethyl adjacent to an activating group) is 1. The Labute approximate surface area is 66.7 Å². The Morgan fingerprint density at radius 3 is 2.55 bits per heavy atom. The zero-order valence-corrected chi connectivity index (χ0v) is 6.82. The SMILES string of the molecule is CN1CCN(COC=O)CC1. The number of carbonyl (C=O) groups excluding carboxylic acids is 1. The van der Waals surface area contributed by atoms with Crippen molar-refractivity contribution in [1.82, 2.24) is 9.80 Å². The lowest BCUT2D eigenvalue weighted by Crippen LogP contribution is -2.45. The second-order valence-corrected chi connectivity index (χ2v) is 2.81. The van der Waals surface area contributed by atoms with Gasteiger partial charge in [0.1, 0.15) is 6.73 Å². The molecular weight excluding hydrogens is 144 g/mol. The minimum absolute atomic E-state index is 0.442. The molecule has 0 atom stereocenters. The average molecular weight is 158 g/mol. The van der Waals surface area contributed by atoms with Gasteiger partial charge in [0.05, 0.1) is 0 Å². The zero-order valence-electron chi connectivity index (χ0n) is 6.82. The Hall–Kier alpha value is -0.610. The molecule has 1 heterocycles. The number of rotatable bonds is 3. The van der Waals surface area contributed by atoms with E-state index in [0.29, 0.717) is 13.2 Å². The van der Waals surface area contributed by atoms with Crippen LogP contribution in [0.25, 0.3) is 0 Å². The van der Waals surface area contributed by atoms with Crippen LogP contribution in [0, 0.1) is 0 Å². The number of hydrogen-bond acceptors (Lipinski definition) is 4. The normalized spacial score (nSPS) is 21.5. The van der Waals surface area contributed by atoms with E-state index in [2.05, 4.69) is 21.6 Å². The number of hydrogen-bond donors (Lipinski definition) is 0. The fourth-order valence-electron chi connectivity index (χ4n) is 1.11. The first-order chi connectivity index (χ1) is 5.33. The average Bonchev–Trinajstić information content (AvgIpc) is 2.04. The van der Waals surface area contributed by atoms with Gasteiger partial charge in [-0.1, -0.05) is 0 Å². The van der Waals surface area contributed by atoms with Crippen LogP contribution in [0.1, 0.15) is 0 Å². The molecule has 0 aromatic rings. The second-order valence-electron chi connectivity index (χ2n) is 2.81. The molecule has 1 aliphatic rings. The summed E-state index contributed by atoms with van der Waals surface area (Å²) >= 11 is 0. The van der Waals surface area contributed by atoms with Crippen LogP contribution < -0.4 is 0 Å². The van der Waals surface area contributed by atoms with Crippen LogP contribution in [0.4, 0.5) is 0 Å². The summed E-state index contributed by atoms with van der Waals surface area (Å²) in [6, 6.07) is 0. The molecule has 1 aliphatic heterocycles. The summed E-state index contributed by atoms with van der Waals surface area (Å²) in [7, 11) is 2.10. The molecule has 4 nitrogen and oxygen atoms in total. The molecule has 0 bridgehead atoms. The van der Waals surface area contributed by atoms with Crippen molar-refractivity contribution < 1.29 is 9.53 Å². The van der Waals surface area contributed by atoms with Crippen molar-refractivity contribution in [2.45, 2.75) is 0 Å². The van der Waals surface area contributed by atoms with Gasteiger partial charge in [-0.25, -0.2) is 0 Å². The van der Waals surface area contributed by atoms with Gasteiger partial charge < -0.3 is 9.64 Å². The minimum Gasteiger partial charge on any atom is -0.452 e. The van der Waals surface area contributed by atoms with Crippen LogP contribution in [0.2, 0.25) is 0 Å². The Balaban J connectivity index is 2.12. The maximum Gasteiger partial charge on any atom is 0.294 e. The molecule has 0 saturated carbocycles. The third-order valence-corrected chi connectivity index (χ3v) is 1.92. The zero-order chi connectivity index (χ0) is 8.10. The van der Waals surface area contributed by atoms with Crippen LogP contribution >= 0.6 is 0 Å². The highest BCUT2D eigenvalue weighted by atomic mass is 16.5. The number of nitrogens with zero attached hydrogens (tertiary/aromatic N) is 2. The lowest BCUT2D eigenvalue weighted by molar-refractivity contribution is -0.133. The van der Waals surface area contributed by atoms with Crippen LogP contribution in [0.3, 0.4) is 0 Å². The second kappa shape index (κ2) is 4.31. The van der Waals surface area contributed by atoms with E-state index < -0.39 is 0 Å². The first-order valence-electron chi connectivity index (χ1n) is 3.79. The summed E-state index contributed by atoms with van der Waals surface area (Å²) in [5.74, 6) is 0. The highest BCUT2D eigenvalue weighted by Gasteiger charge is 2.12. The third kappa shape index (κ3) is 2.86. The van der Waals surface area contributed by atoms with Crippen molar-refractivity contribution in [3.8, 4) is 0 Å². The summed E-state index contributed by atoms with van der Waals surface area (Å²) in [6.07, 6.45) is 0. The molecular formula is C7H14N2O2. The Kier molecular flexibility index (Phi) is 3.32. The van der Waals surface area contributed by atoms with Gasteiger partial charge in [-0.3, -0.25) is 9.69 Å². The van der Waals surface area contributed by atoms with E-state index in [0.717, 1.165) is 26.2 Å². The van der Waals surface area contributed by atoms with Gasteiger partial charge in [0.25, 0.3) is 6.47 Å². The smallest absolute Gasteiger partial charge is 0.294 e. The van der Waals surface area contributed by atoms with Gasteiger partial charge >= 0.3 is 0 Å². The number of ether oxygens (including phenoxy) is 1. The Bertz CT molecular complexity index is 122. The van der Waals surface area contributed by atoms with Gasteiger partial charge in [0, 0.05) is 26.2 Å². The molecule has 4 heteroatoms. The Morgan fingerprint density at radius 1 is 1.36 bits per heavy atom. The topological polar surface area (TPSA) is 32.8 Å². The largest absolute Gasteiger partial charge is 0.452 e. The quantitative estimate of drug-likeness (QED) is 0.512. The first-order valence-corrected chi connectivity index (χ1v) is 3.79. The molecule has 0 aromatic carbocycles. The highest BCUT2D eigenvalue weighted by Crippen LogP contribution is 1.97. The summed E-state index contributed by atoms with van der Waals surface area (Å²) in [4.78, 5) is 14.2. The maximum absolute atomic E-state index is 9.85. The van der Waals surface area contributed by atoms with E-state index in [-0.39, 0.29) is 0 Å². The molecule has 1 fully saturated rings. The predicted molar refractivity (Wildman–Crippen MR) is 41.1 cm³/mol. The summed E-state index contributed by atoms with van der Waals surface area (Å²) in [6.45, 7) is 5.04. The van der Waals surface area contributed by atoms with E-state index in [4.69, 9.17) is 0 Å². The molecule has 0 aliphatic carbocycles. The van der Waals surface area contributed by atoms with E-state index in [1.165, 1.54) is 0 Å². The van der Waals surface area contributed by atoms with Crippen molar-refractivity contribution in [1.29, 1.82) is 0 Å². The lowest BCUT2D eigenvalue weighted by atomic mass is 10.3. The van der Waals surface area contributed by atoms with Gasteiger partial charge in [-0.05, 0) is 7.05 Å². The molecule has 1 saturated heterocycles. The number of carbonyl (C=O) groups is 1. The number of piperazine rings is 1. The van der Waals surface area contributed by atoms with Gasteiger partial charge in [-0.15, -0.1) is 0 Å². The molecule has 0 spiro atoms. The fourth-order valence-corrected chi connectivity index (χ4v) is 1.11. The maximum atomic E-state index is 9.85. The predicted octanol–water partition coefficient (Wildman–Crippen LogP) is -0.636. The third-order valence-electron chi connectivity index (χ3n) is 1.92. The first kappa shape index (κ1) is 8.49. The van der Waals surface area contributed by atoms with Gasteiger partial charge in [0.15, 0.2) is 0 Å². The minimum atomic E-state index is 0.442. The fraction of sp³-hybridized carbons (Fsp3) is 0.857. The Morgan fingerprint density at radius 2 is 2.00 bits per heavy atom. The highest BCUT2D eigenvalue weighted by molar-refractivity contribution is 5.36. The van der Waals surface area contributed by atoms with Crippen molar-refractivity contribution in [2.75, 3.05) is 40.0 Å². The van der Waals surface area contributed by atoms with E-state index in [9.17, 15) is 4.79 Å². The molecule has 0 radical (unpaired) electrons. The summed E-state index contributed by atoms with van der Waals surface area (Å²) in [5.41, 5.74) is 0. The van der Waals surface area contributed by atoms with Crippen molar-refractivity contribution in [3.63, 3.8) is 0 Å². The van der Waals surface area contributed by atoms with Crippen molar-refractivity contribution >= 4 is 6.47 Å². The molecule has 0 aromatic heterocycles. The van der Waals surface area contributed by atoms with Crippen LogP contribution in [-0.2, 0) is 9.53 Å². The molecule has 1 rings (SSSR count). The van der Waals surface area contributed by atoms with E-state index >= 15 is 0 Å². The van der Waals surface area contributed by atoms with Gasteiger partial charge in [-0.2, -0.15) is 0 Å². The van der Waals surface area contributed by atoms with Crippen LogP contribution in [0.15, 0.2) is 0 Å². The lowest BCUT2D eigenvalue weighted by Gasteiger charge is -2.31. The molecule has 11 heavy (non-hydrogen) atoms. The van der Waals surface area contributed by atoms with E-state index in [1.807, 2.05) is 0 Å². The summed E-state index contributed by atoms with van der Waals surface area (Å²) < 4.78 is 4.64. The van der Waals surface area contributed by atoms with Gasteiger partial charge in [0.2, 0.25) is 0 Å². The molecule has 0 amide bonds. The molecule has 64 valence electrons.